The number of ketones is 1. The zero-order valence-corrected chi connectivity index (χ0v) is 19.8. The third-order valence-corrected chi connectivity index (χ3v) is 5.94. The van der Waals surface area contributed by atoms with E-state index in [0.717, 1.165) is 16.7 Å². The number of nitrogens with one attached hydrogen (secondary N) is 1. The number of esters is 1. The lowest BCUT2D eigenvalue weighted by atomic mass is 9.84. The molecule has 2 atom stereocenters. The first kappa shape index (κ1) is 25.2. The normalized spacial score (nSPS) is 12.4. The molecular formula is C27H28N2O4S. The summed E-state index contributed by atoms with van der Waals surface area (Å²) < 4.78 is 5.40. The molecule has 1 amide bonds. The predicted octanol–water partition coefficient (Wildman–Crippen LogP) is 4.36. The van der Waals surface area contributed by atoms with Crippen LogP contribution in [0.2, 0.25) is 0 Å². The van der Waals surface area contributed by atoms with E-state index in [-0.39, 0.29) is 18.3 Å². The lowest BCUT2D eigenvalue weighted by molar-refractivity contribution is -0.130. The van der Waals surface area contributed by atoms with E-state index in [1.54, 1.807) is 18.2 Å². The first-order valence-corrected chi connectivity index (χ1v) is 11.6. The van der Waals surface area contributed by atoms with Crippen LogP contribution >= 0.6 is 12.6 Å². The summed E-state index contributed by atoms with van der Waals surface area (Å²) in [6, 6.07) is 23.3. The fraction of sp³-hybridized carbons (Fsp3) is 0.222. The van der Waals surface area contributed by atoms with Crippen molar-refractivity contribution in [3.8, 4) is 0 Å². The summed E-state index contributed by atoms with van der Waals surface area (Å²) in [7, 11) is 0. The molecule has 0 spiro atoms. The summed E-state index contributed by atoms with van der Waals surface area (Å²) >= 11 is 4.39. The number of rotatable bonds is 10. The van der Waals surface area contributed by atoms with Crippen molar-refractivity contribution < 1.29 is 19.1 Å². The average molecular weight is 477 g/mol. The van der Waals surface area contributed by atoms with E-state index >= 15 is 0 Å². The Morgan fingerprint density at radius 2 is 1.62 bits per heavy atom. The summed E-state index contributed by atoms with van der Waals surface area (Å²) in [5, 5.41) is 2.78. The van der Waals surface area contributed by atoms with Gasteiger partial charge in [0.1, 0.15) is 18.3 Å². The fourth-order valence-electron chi connectivity index (χ4n) is 3.70. The van der Waals surface area contributed by atoms with Crippen molar-refractivity contribution in [1.82, 2.24) is 0 Å². The largest absolute Gasteiger partial charge is 0.457 e. The Kier molecular flexibility index (Phi) is 9.01. The summed E-state index contributed by atoms with van der Waals surface area (Å²) in [4.78, 5) is 38.0. The van der Waals surface area contributed by atoms with Crippen LogP contribution in [0.25, 0.3) is 0 Å². The highest BCUT2D eigenvalue weighted by atomic mass is 32.1. The molecule has 0 aliphatic carbocycles. The smallest absolute Gasteiger partial charge is 0.338 e. The van der Waals surface area contributed by atoms with Crippen LogP contribution in [0.15, 0.2) is 78.9 Å². The number of hydrogen-bond donors (Lipinski definition) is 3. The van der Waals surface area contributed by atoms with Crippen molar-refractivity contribution in [3.05, 3.63) is 101 Å². The van der Waals surface area contributed by atoms with Crippen LogP contribution < -0.4 is 11.1 Å². The Labute approximate surface area is 204 Å². The number of ether oxygens (including phenoxy) is 1. The molecule has 0 saturated carbocycles. The predicted molar refractivity (Wildman–Crippen MR) is 136 cm³/mol. The highest BCUT2D eigenvalue weighted by Gasteiger charge is 2.32. The molecule has 0 aromatic heterocycles. The van der Waals surface area contributed by atoms with Crippen LogP contribution in [0.1, 0.15) is 39.9 Å². The fourth-order valence-corrected chi connectivity index (χ4v) is 4.12. The van der Waals surface area contributed by atoms with Crippen molar-refractivity contribution >= 4 is 36.0 Å². The molecule has 0 radical (unpaired) electrons. The second kappa shape index (κ2) is 12.2. The minimum Gasteiger partial charge on any atom is -0.457 e. The van der Waals surface area contributed by atoms with Crippen molar-refractivity contribution in [3.63, 3.8) is 0 Å². The van der Waals surface area contributed by atoms with Crippen LogP contribution in [0.3, 0.4) is 0 Å². The Morgan fingerprint density at radius 3 is 2.24 bits per heavy atom. The molecule has 34 heavy (non-hydrogen) atoms. The number of carbonyl (C=O) groups is 3. The summed E-state index contributed by atoms with van der Waals surface area (Å²) in [6.07, 6.45) is 0. The Balaban J connectivity index is 1.69. The molecule has 3 aromatic rings. The molecule has 0 saturated heterocycles. The topological polar surface area (TPSA) is 98.5 Å². The van der Waals surface area contributed by atoms with Crippen molar-refractivity contribution in [1.29, 1.82) is 0 Å². The van der Waals surface area contributed by atoms with E-state index in [0.29, 0.717) is 23.5 Å². The Bertz CT molecular complexity index is 1130. The van der Waals surface area contributed by atoms with Gasteiger partial charge >= 0.3 is 5.97 Å². The number of amides is 1. The maximum atomic E-state index is 13.1. The van der Waals surface area contributed by atoms with E-state index in [1.165, 1.54) is 13.0 Å². The van der Waals surface area contributed by atoms with Gasteiger partial charge in [-0.05, 0) is 47.6 Å². The molecule has 0 aliphatic heterocycles. The van der Waals surface area contributed by atoms with E-state index in [1.807, 2.05) is 54.6 Å². The number of thiol groups is 1. The van der Waals surface area contributed by atoms with Gasteiger partial charge in [-0.3, -0.25) is 9.59 Å². The molecule has 0 heterocycles. The summed E-state index contributed by atoms with van der Waals surface area (Å²) in [5.74, 6) is -2.16. The van der Waals surface area contributed by atoms with Crippen LogP contribution in [0, 0.1) is 5.92 Å². The van der Waals surface area contributed by atoms with Crippen LogP contribution in [-0.4, -0.2) is 23.4 Å². The number of anilines is 1. The second-order valence-electron chi connectivity index (χ2n) is 7.95. The lowest BCUT2D eigenvalue weighted by Gasteiger charge is -2.23. The third-order valence-electron chi connectivity index (χ3n) is 5.54. The maximum absolute atomic E-state index is 13.1. The van der Waals surface area contributed by atoms with E-state index < -0.39 is 17.8 Å². The number of carbonyl (C=O) groups excluding carboxylic acids is 3. The highest BCUT2D eigenvalue weighted by molar-refractivity contribution is 7.80. The molecule has 0 bridgehead atoms. The number of benzene rings is 3. The van der Waals surface area contributed by atoms with Crippen molar-refractivity contribution in [2.45, 2.75) is 26.0 Å². The molecule has 7 heteroatoms. The molecule has 2 unspecified atom stereocenters. The average Bonchev–Trinajstić information content (AvgIpc) is 2.86. The molecular weight excluding hydrogens is 448 g/mol. The molecule has 0 aliphatic rings. The molecule has 3 N–H and O–H groups in total. The van der Waals surface area contributed by atoms with Crippen LogP contribution in [0.5, 0.6) is 0 Å². The lowest BCUT2D eigenvalue weighted by Crippen LogP contribution is -2.34. The molecule has 6 nitrogen and oxygen atoms in total. The van der Waals surface area contributed by atoms with Gasteiger partial charge in [-0.1, -0.05) is 60.7 Å². The molecule has 3 aromatic carbocycles. The standard InChI is InChI=1S/C27H28N2O4S/c1-18(30)25(24(17-34)21-6-3-2-4-7-21)26(31)29-23-9-5-8-22(14-23)27(32)33-16-20-12-10-19(15-28)11-13-20/h2-14,24-25,34H,15-17,28H2,1H3,(H,29,31). The van der Waals surface area contributed by atoms with Crippen LogP contribution in [-0.2, 0) is 27.5 Å². The Morgan fingerprint density at radius 1 is 0.941 bits per heavy atom. The van der Waals surface area contributed by atoms with Gasteiger partial charge < -0.3 is 15.8 Å². The van der Waals surface area contributed by atoms with Gasteiger partial charge in [0.05, 0.1) is 5.56 Å². The van der Waals surface area contributed by atoms with Gasteiger partial charge in [0.15, 0.2) is 0 Å². The van der Waals surface area contributed by atoms with E-state index in [9.17, 15) is 14.4 Å². The minimum atomic E-state index is -0.910. The van der Waals surface area contributed by atoms with Gasteiger partial charge in [-0.2, -0.15) is 12.6 Å². The molecule has 176 valence electrons. The van der Waals surface area contributed by atoms with Gasteiger partial charge in [-0.25, -0.2) is 4.79 Å². The maximum Gasteiger partial charge on any atom is 0.338 e. The zero-order chi connectivity index (χ0) is 24.5. The van der Waals surface area contributed by atoms with Gasteiger partial charge in [0.2, 0.25) is 5.91 Å². The van der Waals surface area contributed by atoms with Crippen LogP contribution in [0.4, 0.5) is 5.69 Å². The highest BCUT2D eigenvalue weighted by Crippen LogP contribution is 2.28. The van der Waals surface area contributed by atoms with Crippen molar-refractivity contribution in [2.75, 3.05) is 11.1 Å². The number of Topliss-reactive ketones (excluding diaryl/α,β-unsaturated/α-hetero) is 1. The van der Waals surface area contributed by atoms with Gasteiger partial charge in [-0.15, -0.1) is 0 Å². The van der Waals surface area contributed by atoms with Gasteiger partial charge in [0.25, 0.3) is 0 Å². The first-order chi connectivity index (χ1) is 16.4. The van der Waals surface area contributed by atoms with Gasteiger partial charge in [0, 0.05) is 18.2 Å². The quantitative estimate of drug-likeness (QED) is 0.229. The molecule has 3 rings (SSSR count). The third kappa shape index (κ3) is 6.56. The zero-order valence-electron chi connectivity index (χ0n) is 18.9. The minimum absolute atomic E-state index is 0.118. The van der Waals surface area contributed by atoms with E-state index in [4.69, 9.17) is 10.5 Å². The Hall–Kier alpha value is -3.42. The SMILES string of the molecule is CC(=O)C(C(=O)Nc1cccc(C(=O)OCc2ccc(CN)cc2)c1)C(CS)c1ccccc1. The summed E-state index contributed by atoms with van der Waals surface area (Å²) in [6.45, 7) is 1.97. The van der Waals surface area contributed by atoms with Crippen molar-refractivity contribution in [2.24, 2.45) is 11.7 Å². The monoisotopic (exact) mass is 476 g/mol. The van der Waals surface area contributed by atoms with E-state index in [2.05, 4.69) is 17.9 Å². The summed E-state index contributed by atoms with van der Waals surface area (Å²) in [5.41, 5.74) is 9.01. The molecule has 0 fully saturated rings. The second-order valence-corrected chi connectivity index (χ2v) is 8.32. The number of hydrogen-bond acceptors (Lipinski definition) is 6. The first-order valence-electron chi connectivity index (χ1n) is 10.9. The number of nitrogens with two attached hydrogens (primary N) is 1.